The molecule has 5 bridgehead atoms. The van der Waals surface area contributed by atoms with Crippen molar-refractivity contribution in [1.82, 2.24) is 0 Å². The van der Waals surface area contributed by atoms with Crippen LogP contribution in [0.3, 0.4) is 0 Å². The van der Waals surface area contributed by atoms with Crippen molar-refractivity contribution < 1.29 is 29.0 Å². The summed E-state index contributed by atoms with van der Waals surface area (Å²) in [4.78, 5) is 38.0. The van der Waals surface area contributed by atoms with Crippen LogP contribution >= 0.6 is 0 Å². The van der Waals surface area contributed by atoms with Crippen LogP contribution in [0.1, 0.15) is 46.5 Å². The summed E-state index contributed by atoms with van der Waals surface area (Å²) in [6, 6.07) is 0. The standard InChI is InChI=1S/C19H24O6/c1-8-6-9(2)14(21)13-17-19(25-18(13)23)7-10(3)16(24-17)15(22)11(19)4-5-12(8)20/h8-11,15-16,22H,4-7H2,1-3H3/t8-,9+,10+,11+,15+,16+,19+/m0/s1. The van der Waals surface area contributed by atoms with Crippen LogP contribution in [0, 0.1) is 23.7 Å². The van der Waals surface area contributed by atoms with Crippen molar-refractivity contribution in [2.45, 2.75) is 64.3 Å². The zero-order valence-corrected chi connectivity index (χ0v) is 14.8. The van der Waals surface area contributed by atoms with Crippen molar-refractivity contribution >= 4 is 17.5 Å². The minimum Gasteiger partial charge on any atom is -0.486 e. The molecular formula is C19H24O6. The minimum absolute atomic E-state index is 0.00264. The SMILES string of the molecule is C[C@@H]1C[C@H](C)C(=O)CC[C@@H]2[C@@H](O)[C@@H]3OC4=C(C(=O)O[C@@]42C[C@H]3C)C1=O. The van der Waals surface area contributed by atoms with E-state index in [1.807, 2.05) is 13.8 Å². The second-order valence-electron chi connectivity index (χ2n) is 8.25. The van der Waals surface area contributed by atoms with Crippen LogP contribution in [0.4, 0.5) is 0 Å². The van der Waals surface area contributed by atoms with Crippen molar-refractivity contribution in [2.75, 3.05) is 0 Å². The molecule has 6 heteroatoms. The van der Waals surface area contributed by atoms with Gasteiger partial charge in [-0.2, -0.15) is 0 Å². The fourth-order valence-electron chi connectivity index (χ4n) is 5.19. The number of hydrogen-bond acceptors (Lipinski definition) is 6. The van der Waals surface area contributed by atoms with Gasteiger partial charge < -0.3 is 14.6 Å². The summed E-state index contributed by atoms with van der Waals surface area (Å²) in [5, 5.41) is 10.8. The van der Waals surface area contributed by atoms with Crippen LogP contribution in [-0.4, -0.2) is 40.5 Å². The van der Waals surface area contributed by atoms with Crippen LogP contribution < -0.4 is 0 Å². The second kappa shape index (κ2) is 5.40. The number of aliphatic hydroxyl groups excluding tert-OH is 1. The maximum Gasteiger partial charge on any atom is 0.346 e. The number of esters is 1. The highest BCUT2D eigenvalue weighted by molar-refractivity contribution is 6.20. The second-order valence-corrected chi connectivity index (χ2v) is 8.25. The Bertz CT molecular complexity index is 694. The van der Waals surface area contributed by atoms with Gasteiger partial charge in [-0.05, 0) is 18.8 Å². The van der Waals surface area contributed by atoms with Gasteiger partial charge >= 0.3 is 5.97 Å². The number of ketones is 2. The Morgan fingerprint density at radius 2 is 1.84 bits per heavy atom. The molecule has 2 saturated heterocycles. The van der Waals surface area contributed by atoms with Crippen LogP contribution in [0.2, 0.25) is 0 Å². The first kappa shape index (κ1) is 16.8. The van der Waals surface area contributed by atoms with Gasteiger partial charge in [0.05, 0.1) is 6.10 Å². The molecule has 0 aromatic heterocycles. The van der Waals surface area contributed by atoms with E-state index in [9.17, 15) is 19.5 Å². The van der Waals surface area contributed by atoms with Gasteiger partial charge in [0, 0.05) is 30.6 Å². The smallest absolute Gasteiger partial charge is 0.346 e. The highest BCUT2D eigenvalue weighted by Crippen LogP contribution is 2.57. The third-order valence-electron chi connectivity index (χ3n) is 6.53. The van der Waals surface area contributed by atoms with Crippen LogP contribution in [0.25, 0.3) is 0 Å². The molecule has 0 radical (unpaired) electrons. The van der Waals surface area contributed by atoms with E-state index in [1.165, 1.54) is 0 Å². The zero-order chi connectivity index (χ0) is 18.1. The summed E-state index contributed by atoms with van der Waals surface area (Å²) in [5.41, 5.74) is -1.09. The van der Waals surface area contributed by atoms with Crippen molar-refractivity contribution in [2.24, 2.45) is 23.7 Å². The summed E-state index contributed by atoms with van der Waals surface area (Å²) < 4.78 is 11.7. The largest absolute Gasteiger partial charge is 0.486 e. The van der Waals surface area contributed by atoms with Crippen LogP contribution in [0.15, 0.2) is 11.3 Å². The quantitative estimate of drug-likeness (QED) is 0.528. The Hall–Kier alpha value is -1.69. The van der Waals surface area contributed by atoms with Crippen LogP contribution in [-0.2, 0) is 23.9 Å². The molecule has 2 aliphatic carbocycles. The summed E-state index contributed by atoms with van der Waals surface area (Å²) in [6.07, 6.45) is 0.395. The average Bonchev–Trinajstić information content (AvgIpc) is 2.83. The van der Waals surface area contributed by atoms with E-state index in [-0.39, 0.29) is 29.0 Å². The molecule has 7 atom stereocenters. The molecule has 1 spiro atoms. The number of ether oxygens (including phenoxy) is 2. The molecule has 5 rings (SSSR count). The molecule has 0 amide bonds. The molecule has 1 N–H and O–H groups in total. The summed E-state index contributed by atoms with van der Waals surface area (Å²) in [6.45, 7) is 5.51. The summed E-state index contributed by atoms with van der Waals surface area (Å²) in [7, 11) is 0. The number of rotatable bonds is 0. The average molecular weight is 348 g/mol. The molecule has 1 saturated carbocycles. The molecular weight excluding hydrogens is 324 g/mol. The molecule has 3 heterocycles. The van der Waals surface area contributed by atoms with Crippen molar-refractivity contribution in [3.63, 3.8) is 0 Å². The Morgan fingerprint density at radius 3 is 2.56 bits per heavy atom. The molecule has 3 aliphatic heterocycles. The molecule has 5 aliphatic rings. The number of hydrogen-bond donors (Lipinski definition) is 1. The Kier molecular flexibility index (Phi) is 3.62. The molecule has 25 heavy (non-hydrogen) atoms. The lowest BCUT2D eigenvalue weighted by molar-refractivity contribution is -0.232. The minimum atomic E-state index is -1.09. The van der Waals surface area contributed by atoms with Gasteiger partial charge in [0.25, 0.3) is 0 Å². The number of fused-ring (bicyclic) bond motifs is 1. The molecule has 136 valence electrons. The van der Waals surface area contributed by atoms with Gasteiger partial charge in [-0.3, -0.25) is 9.59 Å². The molecule has 0 unspecified atom stereocenters. The molecule has 6 nitrogen and oxygen atoms in total. The fraction of sp³-hybridized carbons (Fsp3) is 0.737. The lowest BCUT2D eigenvalue weighted by Gasteiger charge is -2.55. The maximum atomic E-state index is 12.9. The third kappa shape index (κ3) is 2.16. The van der Waals surface area contributed by atoms with Gasteiger partial charge in [0.2, 0.25) is 0 Å². The lowest BCUT2D eigenvalue weighted by atomic mass is 9.63. The van der Waals surface area contributed by atoms with E-state index in [4.69, 9.17) is 9.47 Å². The fourth-order valence-corrected chi connectivity index (χ4v) is 5.19. The van der Waals surface area contributed by atoms with Gasteiger partial charge in [0.1, 0.15) is 17.5 Å². The first-order valence-corrected chi connectivity index (χ1v) is 9.16. The number of aliphatic hydroxyl groups is 1. The Morgan fingerprint density at radius 1 is 1.12 bits per heavy atom. The predicted octanol–water partition coefficient (Wildman–Crippen LogP) is 1.55. The highest BCUT2D eigenvalue weighted by atomic mass is 16.6. The molecule has 0 aromatic carbocycles. The topological polar surface area (TPSA) is 89.9 Å². The summed E-state index contributed by atoms with van der Waals surface area (Å²) in [5.74, 6) is -1.64. The molecule has 3 fully saturated rings. The Labute approximate surface area is 146 Å². The van der Waals surface area contributed by atoms with Crippen molar-refractivity contribution in [1.29, 1.82) is 0 Å². The van der Waals surface area contributed by atoms with E-state index in [0.29, 0.717) is 31.4 Å². The maximum absolute atomic E-state index is 12.9. The van der Waals surface area contributed by atoms with Crippen molar-refractivity contribution in [3.8, 4) is 0 Å². The number of carbonyl (C=O) groups is 3. The third-order valence-corrected chi connectivity index (χ3v) is 6.53. The van der Waals surface area contributed by atoms with Crippen LogP contribution in [0.5, 0.6) is 0 Å². The van der Waals surface area contributed by atoms with Gasteiger partial charge in [-0.1, -0.05) is 20.8 Å². The van der Waals surface area contributed by atoms with Crippen molar-refractivity contribution in [3.05, 3.63) is 11.3 Å². The number of Topliss-reactive ketones (excluding diaryl/α,β-unsaturated/α-hetero) is 2. The first-order valence-electron chi connectivity index (χ1n) is 9.16. The summed E-state index contributed by atoms with van der Waals surface area (Å²) >= 11 is 0. The highest BCUT2D eigenvalue weighted by Gasteiger charge is 2.67. The van der Waals surface area contributed by atoms with E-state index in [2.05, 4.69) is 0 Å². The van der Waals surface area contributed by atoms with E-state index >= 15 is 0 Å². The van der Waals surface area contributed by atoms with E-state index in [1.54, 1.807) is 6.92 Å². The van der Waals surface area contributed by atoms with Gasteiger partial charge in [-0.25, -0.2) is 4.79 Å². The van der Waals surface area contributed by atoms with Gasteiger partial charge in [0.15, 0.2) is 17.1 Å². The molecule has 0 aromatic rings. The Balaban J connectivity index is 1.87. The van der Waals surface area contributed by atoms with Gasteiger partial charge in [-0.15, -0.1) is 0 Å². The number of carbonyl (C=O) groups excluding carboxylic acids is 3. The predicted molar refractivity (Wildman–Crippen MR) is 86.2 cm³/mol. The lowest BCUT2D eigenvalue weighted by Crippen LogP contribution is -2.63. The monoisotopic (exact) mass is 348 g/mol. The van der Waals surface area contributed by atoms with E-state index in [0.717, 1.165) is 0 Å². The van der Waals surface area contributed by atoms with E-state index < -0.39 is 35.6 Å². The first-order chi connectivity index (χ1) is 11.8. The normalized spacial score (nSPS) is 46.6. The zero-order valence-electron chi connectivity index (χ0n) is 14.8.